The van der Waals surface area contributed by atoms with Gasteiger partial charge in [-0.1, -0.05) is 42.5 Å². The largest absolute Gasteiger partial charge is 0.388 e. The Bertz CT molecular complexity index is 863. The lowest BCUT2D eigenvalue weighted by molar-refractivity contribution is -0.554. The Morgan fingerprint density at radius 3 is 2.54 bits per heavy atom. The minimum Gasteiger partial charge on any atom is -0.388 e. The van der Waals surface area contributed by atoms with Crippen LogP contribution in [0.5, 0.6) is 0 Å². The van der Waals surface area contributed by atoms with Crippen molar-refractivity contribution >= 4 is 11.5 Å². The van der Waals surface area contributed by atoms with Crippen LogP contribution in [0.25, 0.3) is 0 Å². The van der Waals surface area contributed by atoms with Gasteiger partial charge in [0.25, 0.3) is 0 Å². The first-order valence-corrected chi connectivity index (χ1v) is 10.5. The van der Waals surface area contributed by atoms with Gasteiger partial charge in [0.2, 0.25) is 0 Å². The van der Waals surface area contributed by atoms with E-state index in [1.54, 1.807) is 0 Å². The Labute approximate surface area is 166 Å². The van der Waals surface area contributed by atoms with Gasteiger partial charge in [0, 0.05) is 17.3 Å². The van der Waals surface area contributed by atoms with Crippen LogP contribution in [-0.4, -0.2) is 53.1 Å². The van der Waals surface area contributed by atoms with Crippen LogP contribution in [0.15, 0.2) is 42.5 Å². The van der Waals surface area contributed by atoms with E-state index in [2.05, 4.69) is 23.3 Å². The summed E-state index contributed by atoms with van der Waals surface area (Å²) in [6, 6.07) is 10.4. The summed E-state index contributed by atoms with van der Waals surface area (Å²) < 4.78 is 8.00. The van der Waals surface area contributed by atoms with Crippen molar-refractivity contribution in [3.8, 4) is 0 Å². The molecule has 6 rings (SSSR count). The standard InChI is InChI=1S/C24H30NO3/c1-15(2)24-13-17-19(16-7-5-4-6-8-16)20(23(24,3)27)22(26)18(14-24)21(17)25-9-11-28-12-10-25/h4-8,17-20,27H,1,9-14H2,2-3H3/q+1/t17-,18-,19?,20+,23?,24-/m0/s1. The molecule has 6 atom stereocenters. The molecule has 4 aliphatic carbocycles. The van der Waals surface area contributed by atoms with Crippen LogP contribution in [0.2, 0.25) is 0 Å². The Morgan fingerprint density at radius 2 is 1.89 bits per heavy atom. The molecule has 0 radical (unpaired) electrons. The molecule has 28 heavy (non-hydrogen) atoms. The number of rotatable bonds is 2. The molecule has 1 aliphatic heterocycles. The van der Waals surface area contributed by atoms with Crippen molar-refractivity contribution in [3.05, 3.63) is 48.0 Å². The molecule has 0 aromatic heterocycles. The number of morpholine rings is 1. The Balaban J connectivity index is 1.72. The van der Waals surface area contributed by atoms with Gasteiger partial charge in [0.05, 0.1) is 17.4 Å². The molecule has 5 fully saturated rings. The maximum absolute atomic E-state index is 13.7. The molecule has 1 aromatic rings. The van der Waals surface area contributed by atoms with Crippen LogP contribution in [-0.2, 0) is 9.53 Å². The zero-order chi connectivity index (χ0) is 19.7. The molecule has 4 bridgehead atoms. The molecule has 4 heteroatoms. The van der Waals surface area contributed by atoms with Crippen LogP contribution in [0.4, 0.5) is 0 Å². The first kappa shape index (κ1) is 18.3. The average molecular weight is 381 g/mol. The van der Waals surface area contributed by atoms with Crippen molar-refractivity contribution in [1.82, 2.24) is 0 Å². The van der Waals surface area contributed by atoms with Gasteiger partial charge in [-0.25, -0.2) is 4.58 Å². The summed E-state index contributed by atoms with van der Waals surface area (Å²) in [6.45, 7) is 11.4. The zero-order valence-corrected chi connectivity index (χ0v) is 16.9. The van der Waals surface area contributed by atoms with Crippen molar-refractivity contribution in [1.29, 1.82) is 0 Å². The predicted molar refractivity (Wildman–Crippen MR) is 108 cm³/mol. The molecule has 0 amide bonds. The van der Waals surface area contributed by atoms with Gasteiger partial charge in [-0.05, 0) is 32.3 Å². The number of benzene rings is 1. The predicted octanol–water partition coefficient (Wildman–Crippen LogP) is 2.81. The minimum absolute atomic E-state index is 0.0329. The van der Waals surface area contributed by atoms with Crippen molar-refractivity contribution in [2.45, 2.75) is 38.2 Å². The molecule has 148 valence electrons. The first-order valence-electron chi connectivity index (χ1n) is 10.5. The first-order chi connectivity index (χ1) is 13.4. The molecular formula is C24H30NO3+. The van der Waals surface area contributed by atoms with Crippen LogP contribution in [0.1, 0.15) is 38.2 Å². The number of hydrogen-bond donors (Lipinski definition) is 1. The average Bonchev–Trinajstić information content (AvgIpc) is 2.69. The number of hydrogen-bond acceptors (Lipinski definition) is 3. The Hall–Kier alpha value is -1.78. The van der Waals surface area contributed by atoms with E-state index in [-0.39, 0.29) is 34.9 Å². The van der Waals surface area contributed by atoms with Gasteiger partial charge in [-0.15, -0.1) is 0 Å². The van der Waals surface area contributed by atoms with E-state index >= 15 is 0 Å². The van der Waals surface area contributed by atoms with Crippen molar-refractivity contribution in [2.75, 3.05) is 26.3 Å². The highest BCUT2D eigenvalue weighted by atomic mass is 16.5. The number of aliphatic hydroxyl groups is 1. The van der Waals surface area contributed by atoms with E-state index < -0.39 is 5.60 Å². The monoisotopic (exact) mass is 380 g/mol. The second-order valence-corrected chi connectivity index (χ2v) is 9.42. The van der Waals surface area contributed by atoms with E-state index in [1.165, 1.54) is 11.3 Å². The third-order valence-corrected chi connectivity index (χ3v) is 8.25. The highest BCUT2D eigenvalue weighted by Gasteiger charge is 2.73. The van der Waals surface area contributed by atoms with Crippen LogP contribution in [0.3, 0.4) is 0 Å². The lowest BCUT2D eigenvalue weighted by Gasteiger charge is -2.65. The van der Waals surface area contributed by atoms with E-state index in [9.17, 15) is 9.90 Å². The van der Waals surface area contributed by atoms with E-state index in [0.29, 0.717) is 6.42 Å². The quantitative estimate of drug-likeness (QED) is 0.634. The summed E-state index contributed by atoms with van der Waals surface area (Å²) >= 11 is 0. The zero-order valence-electron chi connectivity index (χ0n) is 16.9. The Morgan fingerprint density at radius 1 is 1.21 bits per heavy atom. The van der Waals surface area contributed by atoms with Gasteiger partial charge < -0.3 is 9.84 Å². The third-order valence-electron chi connectivity index (χ3n) is 8.25. The molecule has 1 N–H and O–H groups in total. The minimum atomic E-state index is -1.06. The topological polar surface area (TPSA) is 49.5 Å². The fourth-order valence-electron chi connectivity index (χ4n) is 6.95. The van der Waals surface area contributed by atoms with Gasteiger partial charge in [0.15, 0.2) is 24.6 Å². The fourth-order valence-corrected chi connectivity index (χ4v) is 6.95. The smallest absolute Gasteiger partial charge is 0.166 e. The highest BCUT2D eigenvalue weighted by Crippen LogP contribution is 2.68. The van der Waals surface area contributed by atoms with Crippen LogP contribution < -0.4 is 0 Å². The van der Waals surface area contributed by atoms with Crippen molar-refractivity contribution in [2.24, 2.45) is 23.2 Å². The maximum Gasteiger partial charge on any atom is 0.166 e. The third kappa shape index (κ3) is 2.19. The van der Waals surface area contributed by atoms with E-state index in [0.717, 1.165) is 38.3 Å². The van der Waals surface area contributed by atoms with Crippen molar-refractivity contribution in [3.63, 3.8) is 0 Å². The maximum atomic E-state index is 13.7. The molecule has 5 aliphatic rings. The Kier molecular flexibility index (Phi) is 3.98. The highest BCUT2D eigenvalue weighted by molar-refractivity contribution is 6.10. The second kappa shape index (κ2) is 6.11. The lowest BCUT2D eigenvalue weighted by atomic mass is 9.37. The van der Waals surface area contributed by atoms with Crippen LogP contribution in [0, 0.1) is 23.2 Å². The summed E-state index contributed by atoms with van der Waals surface area (Å²) in [5.74, 6) is 0.0882. The van der Waals surface area contributed by atoms with Crippen LogP contribution >= 0.6 is 0 Å². The molecule has 0 spiro atoms. The number of carbonyl (C=O) groups is 1. The summed E-state index contributed by atoms with van der Waals surface area (Å²) in [6.07, 6.45) is 1.58. The van der Waals surface area contributed by atoms with Crippen molar-refractivity contribution < 1.29 is 19.2 Å². The van der Waals surface area contributed by atoms with E-state index in [1.807, 2.05) is 32.0 Å². The molecule has 4 saturated carbocycles. The van der Waals surface area contributed by atoms with Gasteiger partial charge >= 0.3 is 0 Å². The molecule has 2 unspecified atom stereocenters. The van der Waals surface area contributed by atoms with Gasteiger partial charge in [0.1, 0.15) is 13.2 Å². The van der Waals surface area contributed by atoms with Gasteiger partial charge in [-0.3, -0.25) is 4.79 Å². The number of nitrogens with zero attached hydrogens (tertiary/aromatic N) is 1. The lowest BCUT2D eigenvalue weighted by Crippen LogP contribution is -2.73. The summed E-state index contributed by atoms with van der Waals surface area (Å²) in [7, 11) is 0. The molecular weight excluding hydrogens is 350 g/mol. The van der Waals surface area contributed by atoms with Gasteiger partial charge in [-0.2, -0.15) is 0 Å². The van der Waals surface area contributed by atoms with E-state index in [4.69, 9.17) is 4.74 Å². The molecule has 1 heterocycles. The number of ketones is 1. The molecule has 1 aromatic carbocycles. The number of carbonyl (C=O) groups excluding carboxylic acids is 1. The fraction of sp³-hybridized carbons (Fsp3) is 0.583. The SMILES string of the molecule is C=C(C)[C@@]12C[C@@H]3C(=O)[C@@H](C(c4ccccc4)[C@H](C1)C3=[N+]1CCOCC1)C2(C)O. The normalized spacial score (nSPS) is 42.2. The summed E-state index contributed by atoms with van der Waals surface area (Å²) in [5.41, 5.74) is 2.08. The molecule has 1 saturated heterocycles. The number of Topliss-reactive ketones (excluding diaryl/α,β-unsaturated/α-hetero) is 1. The molecule has 4 nitrogen and oxygen atoms in total. The summed E-state index contributed by atoms with van der Waals surface area (Å²) in [4.78, 5) is 13.7. The summed E-state index contributed by atoms with van der Waals surface area (Å²) in [5, 5.41) is 11.8. The second-order valence-electron chi connectivity index (χ2n) is 9.42. The number of ether oxygens (including phenoxy) is 1.